The van der Waals surface area contributed by atoms with E-state index in [0.29, 0.717) is 0 Å². The summed E-state index contributed by atoms with van der Waals surface area (Å²) in [7, 11) is 0. The van der Waals surface area contributed by atoms with Crippen LogP contribution in [0, 0.1) is 0 Å². The van der Waals surface area contributed by atoms with Gasteiger partial charge in [0.1, 0.15) is 18.1 Å². The number of hydrogen-bond acceptors (Lipinski definition) is 8. The molecule has 0 aliphatic rings. The molecule has 38 heavy (non-hydrogen) atoms. The predicted molar refractivity (Wildman–Crippen MR) is 133 cm³/mol. The van der Waals surface area contributed by atoms with Gasteiger partial charge in [0, 0.05) is 19.0 Å². The third kappa shape index (κ3) is 15.0. The zero-order chi connectivity index (χ0) is 29.3. The van der Waals surface area contributed by atoms with E-state index in [9.17, 15) is 38.4 Å². The molecule has 16 heteroatoms. The number of carbonyl (C=O) groups excluding carboxylic acids is 8. The lowest BCUT2D eigenvalue weighted by Crippen LogP contribution is -2.57. The van der Waals surface area contributed by atoms with Crippen LogP contribution in [-0.4, -0.2) is 78.5 Å². The lowest BCUT2D eigenvalue weighted by molar-refractivity contribution is -0.135. The van der Waals surface area contributed by atoms with Crippen molar-refractivity contribution in [1.29, 1.82) is 0 Å². The Labute approximate surface area is 219 Å². The maximum absolute atomic E-state index is 12.8. The SMILES string of the molecule is CCCC(C)NC(=O)CCCNC(=O)C(CC(N)=O)NC(=O)C(CC(N)=O)NC(=O)C(CC(N)=O)NC=O. The first-order valence-corrected chi connectivity index (χ1v) is 12.0. The Morgan fingerprint density at radius 2 is 1.21 bits per heavy atom. The zero-order valence-corrected chi connectivity index (χ0v) is 21.5. The van der Waals surface area contributed by atoms with Crippen LogP contribution in [-0.2, 0) is 38.4 Å². The van der Waals surface area contributed by atoms with E-state index in [1.807, 2.05) is 13.8 Å². The number of hydrogen-bond donors (Lipinski definition) is 8. The molecule has 0 aliphatic heterocycles. The van der Waals surface area contributed by atoms with E-state index in [1.54, 1.807) is 0 Å². The van der Waals surface area contributed by atoms with Gasteiger partial charge in [0.25, 0.3) is 0 Å². The van der Waals surface area contributed by atoms with Gasteiger partial charge in [0.15, 0.2) is 0 Å². The van der Waals surface area contributed by atoms with Crippen LogP contribution >= 0.6 is 0 Å². The Morgan fingerprint density at radius 1 is 0.737 bits per heavy atom. The topological polar surface area (TPSA) is 275 Å². The van der Waals surface area contributed by atoms with Crippen molar-refractivity contribution in [2.75, 3.05) is 6.54 Å². The number of primary amides is 3. The predicted octanol–water partition coefficient (Wildman–Crippen LogP) is -4.10. The number of nitrogens with two attached hydrogens (primary N) is 3. The van der Waals surface area contributed by atoms with Crippen LogP contribution in [0.4, 0.5) is 0 Å². The minimum absolute atomic E-state index is 0.0198. The van der Waals surface area contributed by atoms with Gasteiger partial charge in [0.05, 0.1) is 19.3 Å². The second-order valence-corrected chi connectivity index (χ2v) is 8.62. The molecule has 0 radical (unpaired) electrons. The van der Waals surface area contributed by atoms with Crippen molar-refractivity contribution >= 4 is 47.8 Å². The van der Waals surface area contributed by atoms with Crippen molar-refractivity contribution in [3.8, 4) is 0 Å². The van der Waals surface area contributed by atoms with Gasteiger partial charge in [-0.2, -0.15) is 0 Å². The first-order valence-electron chi connectivity index (χ1n) is 12.0. The summed E-state index contributed by atoms with van der Waals surface area (Å²) in [6, 6.07) is -4.52. The van der Waals surface area contributed by atoms with Gasteiger partial charge >= 0.3 is 0 Å². The molecule has 0 aromatic heterocycles. The molecule has 0 aliphatic carbocycles. The number of carbonyl (C=O) groups is 8. The first kappa shape index (κ1) is 33.8. The third-order valence-corrected chi connectivity index (χ3v) is 5.08. The molecule has 8 amide bonds. The van der Waals surface area contributed by atoms with Crippen LogP contribution in [0.2, 0.25) is 0 Å². The molecule has 214 valence electrons. The van der Waals surface area contributed by atoms with E-state index in [4.69, 9.17) is 17.2 Å². The van der Waals surface area contributed by atoms with E-state index in [-0.39, 0.29) is 37.7 Å². The Bertz CT molecular complexity index is 881. The van der Waals surface area contributed by atoms with Crippen molar-refractivity contribution < 1.29 is 38.4 Å². The minimum Gasteiger partial charge on any atom is -0.370 e. The Balaban J connectivity index is 5.23. The fourth-order valence-corrected chi connectivity index (χ4v) is 3.31. The average Bonchev–Trinajstić information content (AvgIpc) is 2.79. The fraction of sp³-hybridized carbons (Fsp3) is 0.636. The Kier molecular flexibility index (Phi) is 16.1. The molecule has 4 atom stereocenters. The largest absolute Gasteiger partial charge is 0.370 e. The highest BCUT2D eigenvalue weighted by molar-refractivity contribution is 5.97. The van der Waals surface area contributed by atoms with Crippen LogP contribution in [0.25, 0.3) is 0 Å². The van der Waals surface area contributed by atoms with Gasteiger partial charge in [-0.25, -0.2) is 0 Å². The molecule has 0 bridgehead atoms. The van der Waals surface area contributed by atoms with Gasteiger partial charge in [-0.05, 0) is 19.8 Å². The van der Waals surface area contributed by atoms with E-state index >= 15 is 0 Å². The van der Waals surface area contributed by atoms with Crippen LogP contribution < -0.4 is 43.8 Å². The van der Waals surface area contributed by atoms with Gasteiger partial charge < -0.3 is 43.8 Å². The van der Waals surface area contributed by atoms with E-state index in [2.05, 4.69) is 26.6 Å². The van der Waals surface area contributed by atoms with Crippen LogP contribution in [0.3, 0.4) is 0 Å². The number of rotatable bonds is 20. The molecule has 11 N–H and O–H groups in total. The summed E-state index contributed by atoms with van der Waals surface area (Å²) in [6.45, 7) is 3.92. The lowest BCUT2D eigenvalue weighted by atomic mass is 10.1. The van der Waals surface area contributed by atoms with E-state index < -0.39 is 72.8 Å². The Hall–Kier alpha value is -4.24. The maximum atomic E-state index is 12.8. The van der Waals surface area contributed by atoms with Gasteiger partial charge in [-0.1, -0.05) is 13.3 Å². The molecular weight excluding hydrogens is 504 g/mol. The average molecular weight is 543 g/mol. The fourth-order valence-electron chi connectivity index (χ4n) is 3.31. The summed E-state index contributed by atoms with van der Waals surface area (Å²) in [6.07, 6.45) is 0.371. The third-order valence-electron chi connectivity index (χ3n) is 5.08. The van der Waals surface area contributed by atoms with Crippen LogP contribution in [0.15, 0.2) is 0 Å². The molecule has 0 aromatic carbocycles. The molecule has 0 aromatic rings. The van der Waals surface area contributed by atoms with Crippen molar-refractivity contribution in [1.82, 2.24) is 26.6 Å². The molecule has 16 nitrogen and oxygen atoms in total. The first-order chi connectivity index (χ1) is 17.8. The number of amides is 8. The van der Waals surface area contributed by atoms with E-state index in [0.717, 1.165) is 12.8 Å². The van der Waals surface area contributed by atoms with Crippen molar-refractivity contribution in [2.24, 2.45) is 17.2 Å². The monoisotopic (exact) mass is 542 g/mol. The molecule has 0 saturated heterocycles. The summed E-state index contributed by atoms with van der Waals surface area (Å²) in [5.41, 5.74) is 15.4. The molecule has 0 rings (SSSR count). The molecule has 0 fully saturated rings. The van der Waals surface area contributed by atoms with Crippen LogP contribution in [0.1, 0.15) is 58.8 Å². The second-order valence-electron chi connectivity index (χ2n) is 8.62. The second kappa shape index (κ2) is 18.1. The standard InChI is InChI=1S/C22H38N8O8/c1-3-5-12(2)28-19(35)6-4-7-26-20(36)14(9-17(24)33)29-22(38)15(10-18(25)34)30-21(37)13(27-11-31)8-16(23)32/h11-15H,3-10H2,1-2H3,(H2,23,32)(H2,24,33)(H2,25,34)(H,26,36)(H,27,31)(H,28,35)(H,29,38)(H,30,37). The molecular formula is C22H38N8O8. The highest BCUT2D eigenvalue weighted by Gasteiger charge is 2.31. The summed E-state index contributed by atoms with van der Waals surface area (Å²) >= 11 is 0. The Morgan fingerprint density at radius 3 is 1.68 bits per heavy atom. The molecule has 0 saturated carbocycles. The summed E-state index contributed by atoms with van der Waals surface area (Å²) in [4.78, 5) is 94.6. The summed E-state index contributed by atoms with van der Waals surface area (Å²) < 4.78 is 0. The van der Waals surface area contributed by atoms with Crippen molar-refractivity contribution in [2.45, 2.75) is 83.0 Å². The highest BCUT2D eigenvalue weighted by Crippen LogP contribution is 2.01. The number of nitrogens with one attached hydrogen (secondary N) is 5. The smallest absolute Gasteiger partial charge is 0.243 e. The summed E-state index contributed by atoms with van der Waals surface area (Å²) in [5.74, 6) is -5.93. The maximum Gasteiger partial charge on any atom is 0.243 e. The summed E-state index contributed by atoms with van der Waals surface area (Å²) in [5, 5.41) is 11.7. The lowest BCUT2D eigenvalue weighted by Gasteiger charge is -2.23. The zero-order valence-electron chi connectivity index (χ0n) is 21.5. The van der Waals surface area contributed by atoms with Crippen molar-refractivity contribution in [3.05, 3.63) is 0 Å². The normalized spacial score (nSPS) is 13.5. The van der Waals surface area contributed by atoms with Gasteiger partial charge in [-0.3, -0.25) is 38.4 Å². The van der Waals surface area contributed by atoms with Gasteiger partial charge in [0.2, 0.25) is 47.8 Å². The van der Waals surface area contributed by atoms with Crippen molar-refractivity contribution in [3.63, 3.8) is 0 Å². The van der Waals surface area contributed by atoms with Gasteiger partial charge in [-0.15, -0.1) is 0 Å². The molecule has 0 spiro atoms. The molecule has 4 unspecified atom stereocenters. The van der Waals surface area contributed by atoms with Crippen LogP contribution in [0.5, 0.6) is 0 Å². The van der Waals surface area contributed by atoms with E-state index in [1.165, 1.54) is 0 Å². The minimum atomic E-state index is -1.62. The quantitative estimate of drug-likeness (QED) is 0.0551. The highest BCUT2D eigenvalue weighted by atomic mass is 16.2. The molecule has 0 heterocycles.